The van der Waals surface area contributed by atoms with Crippen molar-refractivity contribution in [1.29, 1.82) is 0 Å². The van der Waals surface area contributed by atoms with E-state index in [0.717, 1.165) is 19.4 Å². The predicted molar refractivity (Wildman–Crippen MR) is 60.2 cm³/mol. The predicted octanol–water partition coefficient (Wildman–Crippen LogP) is 1.77. The maximum atomic E-state index is 11.4. The van der Waals surface area contributed by atoms with Gasteiger partial charge in [-0.2, -0.15) is 0 Å². The molecule has 4 nitrogen and oxygen atoms in total. The van der Waals surface area contributed by atoms with Gasteiger partial charge in [0.15, 0.2) is 0 Å². The summed E-state index contributed by atoms with van der Waals surface area (Å²) in [7, 11) is 1.40. The zero-order chi connectivity index (χ0) is 12.0. The zero-order valence-corrected chi connectivity index (χ0v) is 10.5. The number of esters is 1. The van der Waals surface area contributed by atoms with Gasteiger partial charge < -0.3 is 14.2 Å². The van der Waals surface area contributed by atoms with E-state index in [0.29, 0.717) is 13.2 Å². The Kier molecular flexibility index (Phi) is 5.22. The molecule has 94 valence electrons. The summed E-state index contributed by atoms with van der Waals surface area (Å²) in [5, 5.41) is 0. The molecule has 1 unspecified atom stereocenters. The number of carbonyl (C=O) groups excluding carboxylic acids is 1. The molecule has 1 heterocycles. The van der Waals surface area contributed by atoms with Gasteiger partial charge in [-0.05, 0) is 33.1 Å². The first-order chi connectivity index (χ1) is 7.56. The molecule has 0 spiro atoms. The smallest absolute Gasteiger partial charge is 0.313 e. The van der Waals surface area contributed by atoms with Gasteiger partial charge in [0.05, 0.1) is 31.8 Å². The first-order valence-electron chi connectivity index (χ1n) is 5.84. The standard InChI is InChI=1S/C12H22O4/c1-12(2,11(13)14-3)9-15-8-10-6-4-5-7-16-10/h10H,4-9H2,1-3H3. The van der Waals surface area contributed by atoms with Crippen LogP contribution in [0.15, 0.2) is 0 Å². The second-order valence-electron chi connectivity index (χ2n) is 4.88. The lowest BCUT2D eigenvalue weighted by Gasteiger charge is -2.25. The molecule has 1 atom stereocenters. The molecule has 4 heteroatoms. The summed E-state index contributed by atoms with van der Waals surface area (Å²) in [4.78, 5) is 11.4. The Morgan fingerprint density at radius 3 is 2.75 bits per heavy atom. The molecule has 1 aliphatic heterocycles. The molecule has 0 aromatic heterocycles. The monoisotopic (exact) mass is 230 g/mol. The van der Waals surface area contributed by atoms with Crippen LogP contribution in [0.25, 0.3) is 0 Å². The number of rotatable bonds is 5. The fourth-order valence-corrected chi connectivity index (χ4v) is 1.72. The third-order valence-corrected chi connectivity index (χ3v) is 2.78. The van der Waals surface area contributed by atoms with Crippen LogP contribution in [0.3, 0.4) is 0 Å². The van der Waals surface area contributed by atoms with Gasteiger partial charge in [-0.3, -0.25) is 4.79 Å². The van der Waals surface area contributed by atoms with Gasteiger partial charge in [0.2, 0.25) is 0 Å². The molecule has 1 saturated heterocycles. The zero-order valence-electron chi connectivity index (χ0n) is 10.5. The third-order valence-electron chi connectivity index (χ3n) is 2.78. The summed E-state index contributed by atoms with van der Waals surface area (Å²) >= 11 is 0. The molecule has 1 rings (SSSR count). The number of hydrogen-bond donors (Lipinski definition) is 0. The molecule has 0 amide bonds. The van der Waals surface area contributed by atoms with Crippen molar-refractivity contribution in [3.8, 4) is 0 Å². The van der Waals surface area contributed by atoms with Gasteiger partial charge in [0.25, 0.3) is 0 Å². The van der Waals surface area contributed by atoms with Gasteiger partial charge in [-0.1, -0.05) is 0 Å². The van der Waals surface area contributed by atoms with Crippen molar-refractivity contribution in [3.63, 3.8) is 0 Å². The van der Waals surface area contributed by atoms with Crippen molar-refractivity contribution in [3.05, 3.63) is 0 Å². The summed E-state index contributed by atoms with van der Waals surface area (Å²) in [6.45, 7) is 5.41. The quantitative estimate of drug-likeness (QED) is 0.675. The van der Waals surface area contributed by atoms with Crippen LogP contribution in [0.1, 0.15) is 33.1 Å². The Bertz CT molecular complexity index is 219. The van der Waals surface area contributed by atoms with Gasteiger partial charge in [0.1, 0.15) is 0 Å². The van der Waals surface area contributed by atoms with Crippen molar-refractivity contribution in [2.75, 3.05) is 26.9 Å². The molecule has 1 aliphatic rings. The van der Waals surface area contributed by atoms with Crippen LogP contribution in [0, 0.1) is 5.41 Å². The van der Waals surface area contributed by atoms with E-state index in [1.165, 1.54) is 13.5 Å². The molecule has 0 saturated carbocycles. The topological polar surface area (TPSA) is 44.8 Å². The van der Waals surface area contributed by atoms with Crippen molar-refractivity contribution in [2.45, 2.75) is 39.2 Å². The highest BCUT2D eigenvalue weighted by Gasteiger charge is 2.29. The first kappa shape index (κ1) is 13.5. The van der Waals surface area contributed by atoms with Crippen molar-refractivity contribution < 1.29 is 19.0 Å². The SMILES string of the molecule is COC(=O)C(C)(C)COCC1CCCCO1. The summed E-state index contributed by atoms with van der Waals surface area (Å²) in [6.07, 6.45) is 3.60. The summed E-state index contributed by atoms with van der Waals surface area (Å²) < 4.78 is 15.8. The molecule has 16 heavy (non-hydrogen) atoms. The highest BCUT2D eigenvalue weighted by atomic mass is 16.5. The highest BCUT2D eigenvalue weighted by molar-refractivity contribution is 5.75. The maximum absolute atomic E-state index is 11.4. The molecule has 0 radical (unpaired) electrons. The van der Waals surface area contributed by atoms with Crippen LogP contribution in [-0.2, 0) is 19.0 Å². The number of ether oxygens (including phenoxy) is 3. The molecular formula is C12H22O4. The van der Waals surface area contributed by atoms with Crippen molar-refractivity contribution in [2.24, 2.45) is 5.41 Å². The Balaban J connectivity index is 2.20. The molecular weight excluding hydrogens is 208 g/mol. The average molecular weight is 230 g/mol. The Morgan fingerprint density at radius 1 is 1.44 bits per heavy atom. The van der Waals surface area contributed by atoms with E-state index in [1.807, 2.05) is 13.8 Å². The van der Waals surface area contributed by atoms with Gasteiger partial charge in [-0.15, -0.1) is 0 Å². The number of methoxy groups -OCH3 is 1. The second-order valence-corrected chi connectivity index (χ2v) is 4.88. The minimum atomic E-state index is -0.580. The lowest BCUT2D eigenvalue weighted by molar-refractivity contribution is -0.155. The number of hydrogen-bond acceptors (Lipinski definition) is 4. The van der Waals surface area contributed by atoms with E-state index in [-0.39, 0.29) is 12.1 Å². The minimum Gasteiger partial charge on any atom is -0.469 e. The Hall–Kier alpha value is -0.610. The third kappa shape index (κ3) is 4.10. The molecule has 0 N–H and O–H groups in total. The molecule has 1 fully saturated rings. The fourth-order valence-electron chi connectivity index (χ4n) is 1.72. The lowest BCUT2D eigenvalue weighted by Crippen LogP contribution is -2.33. The van der Waals surface area contributed by atoms with E-state index in [9.17, 15) is 4.79 Å². The fraction of sp³-hybridized carbons (Fsp3) is 0.917. The summed E-state index contributed by atoms with van der Waals surface area (Å²) in [5.41, 5.74) is -0.580. The van der Waals surface area contributed by atoms with Gasteiger partial charge >= 0.3 is 5.97 Å². The van der Waals surface area contributed by atoms with E-state index in [2.05, 4.69) is 0 Å². The number of carbonyl (C=O) groups is 1. The van der Waals surface area contributed by atoms with Crippen LogP contribution < -0.4 is 0 Å². The minimum absolute atomic E-state index is 0.196. The largest absolute Gasteiger partial charge is 0.469 e. The average Bonchev–Trinajstić information content (AvgIpc) is 2.29. The maximum Gasteiger partial charge on any atom is 0.313 e. The van der Waals surface area contributed by atoms with E-state index in [1.54, 1.807) is 0 Å². The van der Waals surface area contributed by atoms with Crippen molar-refractivity contribution >= 4 is 5.97 Å². The van der Waals surface area contributed by atoms with Gasteiger partial charge in [0, 0.05) is 6.61 Å². The van der Waals surface area contributed by atoms with E-state index in [4.69, 9.17) is 14.2 Å². The first-order valence-corrected chi connectivity index (χ1v) is 5.84. The van der Waals surface area contributed by atoms with Crippen LogP contribution >= 0.6 is 0 Å². The Labute approximate surface area is 97.2 Å². The normalized spacial score (nSPS) is 21.8. The van der Waals surface area contributed by atoms with Crippen molar-refractivity contribution in [1.82, 2.24) is 0 Å². The van der Waals surface area contributed by atoms with Crippen LogP contribution in [0.4, 0.5) is 0 Å². The summed E-state index contributed by atoms with van der Waals surface area (Å²) in [6, 6.07) is 0. The molecule has 0 aromatic rings. The molecule has 0 aliphatic carbocycles. The van der Waals surface area contributed by atoms with Crippen LogP contribution in [-0.4, -0.2) is 39.0 Å². The molecule has 0 aromatic carbocycles. The van der Waals surface area contributed by atoms with E-state index < -0.39 is 5.41 Å². The second kappa shape index (κ2) is 6.21. The lowest BCUT2D eigenvalue weighted by atomic mass is 9.95. The Morgan fingerprint density at radius 2 is 2.19 bits per heavy atom. The highest BCUT2D eigenvalue weighted by Crippen LogP contribution is 2.19. The molecule has 0 bridgehead atoms. The van der Waals surface area contributed by atoms with E-state index >= 15 is 0 Å². The van der Waals surface area contributed by atoms with Gasteiger partial charge in [-0.25, -0.2) is 0 Å². The van der Waals surface area contributed by atoms with Crippen LogP contribution in [0.5, 0.6) is 0 Å². The van der Waals surface area contributed by atoms with Crippen LogP contribution in [0.2, 0.25) is 0 Å². The summed E-state index contributed by atoms with van der Waals surface area (Å²) in [5.74, 6) is -0.239.